The minimum atomic E-state index is -0.208. The number of halogens is 1. The van der Waals surface area contributed by atoms with Crippen molar-refractivity contribution in [3.63, 3.8) is 0 Å². The van der Waals surface area contributed by atoms with E-state index in [4.69, 9.17) is 11.6 Å². The molecule has 3 amide bonds. The number of carbonyl (C=O) groups excluding carboxylic acids is 3. The van der Waals surface area contributed by atoms with Gasteiger partial charge in [-0.3, -0.25) is 14.4 Å². The highest BCUT2D eigenvalue weighted by atomic mass is 35.5. The van der Waals surface area contributed by atoms with E-state index in [0.717, 1.165) is 31.2 Å². The molecule has 6 nitrogen and oxygen atoms in total. The first-order chi connectivity index (χ1) is 14.0. The second-order valence-corrected chi connectivity index (χ2v) is 8.98. The van der Waals surface area contributed by atoms with Gasteiger partial charge in [0.15, 0.2) is 0 Å². The Morgan fingerprint density at radius 2 is 1.83 bits per heavy atom. The molecule has 29 heavy (non-hydrogen) atoms. The lowest BCUT2D eigenvalue weighted by atomic mass is 9.95. The molecule has 2 aliphatic heterocycles. The summed E-state index contributed by atoms with van der Waals surface area (Å²) in [5, 5.41) is 3.64. The molecule has 0 radical (unpaired) electrons. The minimum absolute atomic E-state index is 0.0309. The standard InChI is InChI=1S/C22H28ClN3O3/c23-19-4-2-1-3-16(19)11-20(27)25-9-7-15(8-10-25)13-26-14-17(12-21(26)28)22(29)24-18-5-6-18/h1-4,15,17-18H,5-14H2,(H,24,29). The van der Waals surface area contributed by atoms with Crippen molar-refractivity contribution in [2.45, 2.75) is 44.6 Å². The van der Waals surface area contributed by atoms with Crippen molar-refractivity contribution < 1.29 is 14.4 Å². The molecule has 0 aromatic heterocycles. The van der Waals surface area contributed by atoms with Crippen LogP contribution in [0.5, 0.6) is 0 Å². The predicted molar refractivity (Wildman–Crippen MR) is 110 cm³/mol. The third-order valence-electron chi connectivity index (χ3n) is 6.25. The molecule has 2 saturated heterocycles. The van der Waals surface area contributed by atoms with E-state index in [1.807, 2.05) is 34.1 Å². The van der Waals surface area contributed by atoms with Gasteiger partial charge in [-0.2, -0.15) is 0 Å². The van der Waals surface area contributed by atoms with Crippen LogP contribution in [0.25, 0.3) is 0 Å². The Kier molecular flexibility index (Phi) is 6.09. The number of piperidine rings is 1. The Morgan fingerprint density at radius 3 is 2.52 bits per heavy atom. The molecular weight excluding hydrogens is 390 g/mol. The van der Waals surface area contributed by atoms with Crippen LogP contribution in [0, 0.1) is 11.8 Å². The average molecular weight is 418 g/mol. The third-order valence-corrected chi connectivity index (χ3v) is 6.62. The summed E-state index contributed by atoms with van der Waals surface area (Å²) in [4.78, 5) is 40.9. The monoisotopic (exact) mass is 417 g/mol. The zero-order valence-electron chi connectivity index (χ0n) is 16.6. The minimum Gasteiger partial charge on any atom is -0.353 e. The van der Waals surface area contributed by atoms with Crippen molar-refractivity contribution in [2.75, 3.05) is 26.2 Å². The fraction of sp³-hybridized carbons (Fsp3) is 0.591. The van der Waals surface area contributed by atoms with Crippen LogP contribution < -0.4 is 5.32 Å². The van der Waals surface area contributed by atoms with Gasteiger partial charge < -0.3 is 15.1 Å². The van der Waals surface area contributed by atoms with Gasteiger partial charge in [-0.05, 0) is 43.2 Å². The molecule has 3 fully saturated rings. The normalized spacial score (nSPS) is 22.8. The fourth-order valence-corrected chi connectivity index (χ4v) is 4.47. The van der Waals surface area contributed by atoms with Gasteiger partial charge >= 0.3 is 0 Å². The van der Waals surface area contributed by atoms with Gasteiger partial charge in [-0.25, -0.2) is 0 Å². The van der Waals surface area contributed by atoms with Gasteiger partial charge in [0.25, 0.3) is 0 Å². The summed E-state index contributed by atoms with van der Waals surface area (Å²) >= 11 is 6.17. The van der Waals surface area contributed by atoms with E-state index in [1.54, 1.807) is 0 Å². The van der Waals surface area contributed by atoms with Gasteiger partial charge in [0, 0.05) is 43.7 Å². The Balaban J connectivity index is 1.22. The fourth-order valence-electron chi connectivity index (χ4n) is 4.26. The lowest BCUT2D eigenvalue weighted by Gasteiger charge is -2.34. The van der Waals surface area contributed by atoms with E-state index >= 15 is 0 Å². The molecule has 1 unspecified atom stereocenters. The summed E-state index contributed by atoms with van der Waals surface area (Å²) in [6.07, 6.45) is 4.54. The summed E-state index contributed by atoms with van der Waals surface area (Å²) in [6.45, 7) is 2.64. The van der Waals surface area contributed by atoms with Gasteiger partial charge in [0.2, 0.25) is 17.7 Å². The third kappa shape index (κ3) is 5.10. The number of hydrogen-bond acceptors (Lipinski definition) is 3. The van der Waals surface area contributed by atoms with Crippen molar-refractivity contribution in [3.05, 3.63) is 34.9 Å². The Bertz CT molecular complexity index is 787. The second kappa shape index (κ2) is 8.74. The first kappa shape index (κ1) is 20.2. The largest absolute Gasteiger partial charge is 0.353 e. The van der Waals surface area contributed by atoms with Crippen LogP contribution in [0.1, 0.15) is 37.7 Å². The van der Waals surface area contributed by atoms with Crippen LogP contribution in [0.4, 0.5) is 0 Å². The Labute approximate surface area is 176 Å². The van der Waals surface area contributed by atoms with Crippen LogP contribution in [0.3, 0.4) is 0 Å². The number of hydrogen-bond donors (Lipinski definition) is 1. The number of likely N-dealkylation sites (tertiary alicyclic amines) is 2. The molecule has 0 spiro atoms. The van der Waals surface area contributed by atoms with E-state index < -0.39 is 0 Å². The number of carbonyl (C=O) groups is 3. The average Bonchev–Trinajstić information content (AvgIpc) is 3.45. The maximum Gasteiger partial charge on any atom is 0.227 e. The summed E-state index contributed by atoms with van der Waals surface area (Å²) in [5.41, 5.74) is 0.861. The van der Waals surface area contributed by atoms with Crippen molar-refractivity contribution in [1.29, 1.82) is 0 Å². The molecule has 0 bridgehead atoms. The lowest BCUT2D eigenvalue weighted by Crippen LogP contribution is -2.42. The smallest absolute Gasteiger partial charge is 0.227 e. The van der Waals surface area contributed by atoms with Gasteiger partial charge in [-0.15, -0.1) is 0 Å². The highest BCUT2D eigenvalue weighted by Gasteiger charge is 2.37. The molecule has 1 N–H and O–H groups in total. The van der Waals surface area contributed by atoms with Gasteiger partial charge in [-0.1, -0.05) is 29.8 Å². The number of nitrogens with zero attached hydrogens (tertiary/aromatic N) is 2. The van der Waals surface area contributed by atoms with E-state index in [1.165, 1.54) is 0 Å². The molecule has 4 rings (SSSR count). The van der Waals surface area contributed by atoms with E-state index in [0.29, 0.717) is 56.0 Å². The quantitative estimate of drug-likeness (QED) is 0.771. The lowest BCUT2D eigenvalue weighted by molar-refractivity contribution is -0.133. The molecule has 2 heterocycles. The SMILES string of the molecule is O=C(NC1CC1)C1CC(=O)N(CC2CCN(C(=O)Cc3ccccc3Cl)CC2)C1. The molecule has 1 aliphatic carbocycles. The number of amides is 3. The van der Waals surface area contributed by atoms with Crippen LogP contribution in [-0.2, 0) is 20.8 Å². The second-order valence-electron chi connectivity index (χ2n) is 8.57. The molecule has 3 aliphatic rings. The number of benzene rings is 1. The van der Waals surface area contributed by atoms with E-state index in [9.17, 15) is 14.4 Å². The summed E-state index contributed by atoms with van der Waals surface area (Å²) in [7, 11) is 0. The zero-order chi connectivity index (χ0) is 20.4. The number of rotatable bonds is 6. The molecule has 1 atom stereocenters. The topological polar surface area (TPSA) is 69.7 Å². The van der Waals surface area contributed by atoms with Crippen molar-refractivity contribution in [1.82, 2.24) is 15.1 Å². The summed E-state index contributed by atoms with van der Waals surface area (Å²) < 4.78 is 0. The summed E-state index contributed by atoms with van der Waals surface area (Å²) in [5.74, 6) is 0.390. The highest BCUT2D eigenvalue weighted by Crippen LogP contribution is 2.26. The predicted octanol–water partition coefficient (Wildman–Crippen LogP) is 2.25. The highest BCUT2D eigenvalue weighted by molar-refractivity contribution is 6.31. The summed E-state index contributed by atoms with van der Waals surface area (Å²) in [6, 6.07) is 7.79. The molecule has 1 saturated carbocycles. The Hall–Kier alpha value is -2.08. The zero-order valence-corrected chi connectivity index (χ0v) is 17.4. The van der Waals surface area contributed by atoms with Crippen LogP contribution >= 0.6 is 11.6 Å². The van der Waals surface area contributed by atoms with Crippen molar-refractivity contribution >= 4 is 29.3 Å². The van der Waals surface area contributed by atoms with Crippen molar-refractivity contribution in [3.8, 4) is 0 Å². The van der Waals surface area contributed by atoms with E-state index in [2.05, 4.69) is 5.32 Å². The first-order valence-corrected chi connectivity index (χ1v) is 11.0. The van der Waals surface area contributed by atoms with Gasteiger partial charge in [0.1, 0.15) is 0 Å². The maximum absolute atomic E-state index is 12.6. The molecule has 156 valence electrons. The molecular formula is C22H28ClN3O3. The van der Waals surface area contributed by atoms with Gasteiger partial charge in [0.05, 0.1) is 12.3 Å². The van der Waals surface area contributed by atoms with E-state index in [-0.39, 0.29) is 23.6 Å². The van der Waals surface area contributed by atoms with Crippen LogP contribution in [-0.4, -0.2) is 59.7 Å². The number of nitrogens with one attached hydrogen (secondary N) is 1. The van der Waals surface area contributed by atoms with Crippen molar-refractivity contribution in [2.24, 2.45) is 11.8 Å². The van der Waals surface area contributed by atoms with Crippen LogP contribution in [0.2, 0.25) is 5.02 Å². The first-order valence-electron chi connectivity index (χ1n) is 10.6. The molecule has 1 aromatic rings. The van der Waals surface area contributed by atoms with Crippen LogP contribution in [0.15, 0.2) is 24.3 Å². The Morgan fingerprint density at radius 1 is 1.10 bits per heavy atom. The molecule has 1 aromatic carbocycles. The molecule has 7 heteroatoms. The maximum atomic E-state index is 12.6.